The number of ether oxygens (including phenoxy) is 1. The third-order valence-corrected chi connectivity index (χ3v) is 4.31. The van der Waals surface area contributed by atoms with Crippen molar-refractivity contribution in [3.63, 3.8) is 0 Å². The molecule has 1 aromatic heterocycles. The van der Waals surface area contributed by atoms with E-state index in [1.165, 1.54) is 7.11 Å². The van der Waals surface area contributed by atoms with Gasteiger partial charge in [-0.15, -0.1) is 0 Å². The number of esters is 1. The maximum Gasteiger partial charge on any atom is 0.328 e. The molecule has 0 radical (unpaired) electrons. The molecule has 6 heteroatoms. The molecule has 0 saturated carbocycles. The van der Waals surface area contributed by atoms with Crippen molar-refractivity contribution >= 4 is 22.9 Å². The molecule has 0 spiro atoms. The second-order valence-electron chi connectivity index (χ2n) is 5.90. The molecule has 2 unspecified atom stereocenters. The first kappa shape index (κ1) is 17.8. The number of para-hydroxylation sites is 1. The lowest BCUT2D eigenvalue weighted by atomic mass is 9.99. The van der Waals surface area contributed by atoms with Crippen LogP contribution in [-0.2, 0) is 16.0 Å². The third-order valence-electron chi connectivity index (χ3n) is 4.31. The van der Waals surface area contributed by atoms with Crippen molar-refractivity contribution < 1.29 is 14.3 Å². The van der Waals surface area contributed by atoms with Crippen LogP contribution in [0.15, 0.2) is 30.5 Å². The van der Waals surface area contributed by atoms with Gasteiger partial charge in [0.05, 0.1) is 7.11 Å². The Labute approximate surface area is 142 Å². The van der Waals surface area contributed by atoms with Gasteiger partial charge < -0.3 is 20.4 Å². The molecule has 24 heavy (non-hydrogen) atoms. The van der Waals surface area contributed by atoms with E-state index >= 15 is 0 Å². The number of fused-ring (bicyclic) bond motifs is 1. The van der Waals surface area contributed by atoms with Crippen LogP contribution in [0.3, 0.4) is 0 Å². The SMILES string of the molecule is CCC(C)C(NC(=O)NCCc1c[nH]c2ccccc12)C(=O)OC. The number of amides is 2. The van der Waals surface area contributed by atoms with E-state index in [9.17, 15) is 9.59 Å². The highest BCUT2D eigenvalue weighted by Crippen LogP contribution is 2.17. The van der Waals surface area contributed by atoms with Crippen LogP contribution < -0.4 is 10.6 Å². The molecule has 2 atom stereocenters. The maximum absolute atomic E-state index is 12.0. The number of benzene rings is 1. The molecule has 2 aromatic rings. The first-order valence-electron chi connectivity index (χ1n) is 8.24. The minimum atomic E-state index is -0.631. The number of aromatic nitrogens is 1. The van der Waals surface area contributed by atoms with Crippen molar-refractivity contribution in [3.05, 3.63) is 36.0 Å². The molecule has 6 nitrogen and oxygen atoms in total. The highest BCUT2D eigenvalue weighted by Gasteiger charge is 2.26. The minimum Gasteiger partial charge on any atom is -0.467 e. The van der Waals surface area contributed by atoms with Crippen LogP contribution in [0.5, 0.6) is 0 Å². The van der Waals surface area contributed by atoms with Crippen molar-refractivity contribution in [2.45, 2.75) is 32.7 Å². The second-order valence-corrected chi connectivity index (χ2v) is 5.90. The van der Waals surface area contributed by atoms with E-state index in [-0.39, 0.29) is 11.9 Å². The Bertz CT molecular complexity index is 696. The molecule has 2 amide bonds. The topological polar surface area (TPSA) is 83.2 Å². The number of urea groups is 1. The van der Waals surface area contributed by atoms with Crippen LogP contribution in [0.25, 0.3) is 10.9 Å². The van der Waals surface area contributed by atoms with E-state index in [0.717, 1.165) is 22.9 Å². The van der Waals surface area contributed by atoms with E-state index in [1.807, 2.05) is 38.2 Å². The van der Waals surface area contributed by atoms with Crippen molar-refractivity contribution in [2.24, 2.45) is 5.92 Å². The number of aromatic amines is 1. The standard InChI is InChI=1S/C18H25N3O3/c1-4-12(2)16(17(22)24-3)21-18(23)19-10-9-13-11-20-15-8-6-5-7-14(13)15/h5-8,11-12,16,20H,4,9-10H2,1-3H3,(H2,19,21,23). The van der Waals surface area contributed by atoms with Crippen LogP contribution in [0.4, 0.5) is 4.79 Å². The average Bonchev–Trinajstić information content (AvgIpc) is 3.01. The van der Waals surface area contributed by atoms with Gasteiger partial charge in [-0.3, -0.25) is 0 Å². The van der Waals surface area contributed by atoms with Crippen molar-refractivity contribution in [3.8, 4) is 0 Å². The second kappa shape index (κ2) is 8.38. The summed E-state index contributed by atoms with van der Waals surface area (Å²) in [6.07, 6.45) is 3.44. The fourth-order valence-corrected chi connectivity index (χ4v) is 2.64. The molecule has 3 N–H and O–H groups in total. The van der Waals surface area contributed by atoms with Crippen LogP contribution in [0, 0.1) is 5.92 Å². The molecular weight excluding hydrogens is 306 g/mol. The summed E-state index contributed by atoms with van der Waals surface area (Å²) >= 11 is 0. The zero-order valence-corrected chi connectivity index (χ0v) is 14.4. The first-order chi connectivity index (χ1) is 11.6. The Morgan fingerprint density at radius 1 is 1.29 bits per heavy atom. The largest absolute Gasteiger partial charge is 0.467 e. The van der Waals surface area contributed by atoms with E-state index in [2.05, 4.69) is 21.7 Å². The van der Waals surface area contributed by atoms with Crippen molar-refractivity contribution in [2.75, 3.05) is 13.7 Å². The molecule has 0 aliphatic carbocycles. The van der Waals surface area contributed by atoms with Gasteiger partial charge >= 0.3 is 12.0 Å². The van der Waals surface area contributed by atoms with E-state index in [0.29, 0.717) is 13.0 Å². The highest BCUT2D eigenvalue weighted by atomic mass is 16.5. The summed E-state index contributed by atoms with van der Waals surface area (Å²) in [6, 6.07) is 7.06. The van der Waals surface area contributed by atoms with Crippen LogP contribution in [0.1, 0.15) is 25.8 Å². The molecular formula is C18H25N3O3. The molecule has 0 aliphatic rings. The summed E-state index contributed by atoms with van der Waals surface area (Å²) in [6.45, 7) is 4.37. The molecule has 0 aliphatic heterocycles. The van der Waals surface area contributed by atoms with Gasteiger partial charge in [0.25, 0.3) is 0 Å². The number of methoxy groups -OCH3 is 1. The molecule has 2 rings (SSSR count). The Hall–Kier alpha value is -2.50. The molecule has 0 saturated heterocycles. The fourth-order valence-electron chi connectivity index (χ4n) is 2.64. The van der Waals surface area contributed by atoms with Gasteiger partial charge in [-0.1, -0.05) is 38.5 Å². The van der Waals surface area contributed by atoms with Crippen molar-refractivity contribution in [1.29, 1.82) is 0 Å². The number of hydrogen-bond acceptors (Lipinski definition) is 3. The van der Waals surface area contributed by atoms with Gasteiger partial charge in [-0.2, -0.15) is 0 Å². The average molecular weight is 331 g/mol. The monoisotopic (exact) mass is 331 g/mol. The van der Waals surface area contributed by atoms with E-state index in [4.69, 9.17) is 4.74 Å². The predicted octanol–water partition coefficient (Wildman–Crippen LogP) is 2.60. The van der Waals surface area contributed by atoms with E-state index < -0.39 is 12.0 Å². The Morgan fingerprint density at radius 2 is 2.04 bits per heavy atom. The summed E-state index contributed by atoms with van der Waals surface area (Å²) in [5.41, 5.74) is 2.23. The lowest BCUT2D eigenvalue weighted by Crippen LogP contribution is -2.49. The van der Waals surface area contributed by atoms with Crippen molar-refractivity contribution in [1.82, 2.24) is 15.6 Å². The third kappa shape index (κ3) is 4.28. The highest BCUT2D eigenvalue weighted by molar-refractivity contribution is 5.84. The van der Waals surface area contributed by atoms with Gasteiger partial charge in [-0.05, 0) is 24.0 Å². The minimum absolute atomic E-state index is 0.0109. The summed E-state index contributed by atoms with van der Waals surface area (Å²) in [7, 11) is 1.33. The maximum atomic E-state index is 12.0. The van der Waals surface area contributed by atoms with Crippen LogP contribution >= 0.6 is 0 Å². The van der Waals surface area contributed by atoms with Gasteiger partial charge in [0.2, 0.25) is 0 Å². The quantitative estimate of drug-likeness (QED) is 0.682. The molecule has 1 heterocycles. The smallest absolute Gasteiger partial charge is 0.328 e. The van der Waals surface area contributed by atoms with Gasteiger partial charge in [-0.25, -0.2) is 9.59 Å². The zero-order chi connectivity index (χ0) is 17.5. The molecule has 1 aromatic carbocycles. The van der Waals surface area contributed by atoms with Gasteiger partial charge in [0.15, 0.2) is 0 Å². The molecule has 0 bridgehead atoms. The van der Waals surface area contributed by atoms with E-state index in [1.54, 1.807) is 0 Å². The van der Waals surface area contributed by atoms with Crippen LogP contribution in [0.2, 0.25) is 0 Å². The lowest BCUT2D eigenvalue weighted by molar-refractivity contribution is -0.144. The Morgan fingerprint density at radius 3 is 2.75 bits per heavy atom. The number of nitrogens with one attached hydrogen (secondary N) is 3. The lowest BCUT2D eigenvalue weighted by Gasteiger charge is -2.22. The van der Waals surface area contributed by atoms with Crippen LogP contribution in [-0.4, -0.2) is 36.7 Å². The Balaban J connectivity index is 1.87. The zero-order valence-electron chi connectivity index (χ0n) is 14.4. The number of carbonyl (C=O) groups excluding carboxylic acids is 2. The number of H-pyrrole nitrogens is 1. The molecule has 130 valence electrons. The predicted molar refractivity (Wildman–Crippen MR) is 93.8 cm³/mol. The number of hydrogen-bond donors (Lipinski definition) is 3. The number of rotatable bonds is 7. The molecule has 0 fully saturated rings. The fraction of sp³-hybridized carbons (Fsp3) is 0.444. The Kier molecular flexibility index (Phi) is 6.23. The first-order valence-corrected chi connectivity index (χ1v) is 8.24. The summed E-state index contributed by atoms with van der Waals surface area (Å²) in [4.78, 5) is 27.0. The number of carbonyl (C=O) groups is 2. The normalized spacial score (nSPS) is 13.3. The van der Waals surface area contributed by atoms with Gasteiger partial charge in [0.1, 0.15) is 6.04 Å². The summed E-state index contributed by atoms with van der Waals surface area (Å²) in [5.74, 6) is -0.409. The summed E-state index contributed by atoms with van der Waals surface area (Å²) < 4.78 is 4.76. The van der Waals surface area contributed by atoms with Gasteiger partial charge in [0, 0.05) is 23.6 Å². The summed E-state index contributed by atoms with van der Waals surface area (Å²) in [5, 5.41) is 6.66.